The summed E-state index contributed by atoms with van der Waals surface area (Å²) in [4.78, 5) is 2.40. The zero-order valence-corrected chi connectivity index (χ0v) is 11.4. The average molecular weight is 259 g/mol. The molecule has 1 aliphatic rings. The third kappa shape index (κ3) is 2.59. The van der Waals surface area contributed by atoms with Crippen LogP contribution in [-0.4, -0.2) is 24.5 Å². The van der Waals surface area contributed by atoms with Crippen molar-refractivity contribution in [2.75, 3.05) is 13.6 Å². The van der Waals surface area contributed by atoms with Crippen molar-refractivity contribution in [3.8, 4) is 0 Å². The van der Waals surface area contributed by atoms with Crippen LogP contribution in [0.15, 0.2) is 11.4 Å². The molecule has 1 heterocycles. The van der Waals surface area contributed by atoms with Crippen molar-refractivity contribution in [1.82, 2.24) is 4.90 Å². The number of rotatable bonds is 5. The quantitative estimate of drug-likeness (QED) is 0.879. The third-order valence-corrected chi connectivity index (χ3v) is 4.72. The monoisotopic (exact) mass is 258 g/mol. The maximum atomic E-state index is 5.97. The summed E-state index contributed by atoms with van der Waals surface area (Å²) in [5.41, 5.74) is 7.17. The van der Waals surface area contributed by atoms with Crippen molar-refractivity contribution >= 4 is 22.9 Å². The molecule has 1 aliphatic carbocycles. The van der Waals surface area contributed by atoms with Gasteiger partial charge in [0.1, 0.15) is 0 Å². The molecule has 2 nitrogen and oxygen atoms in total. The van der Waals surface area contributed by atoms with Crippen molar-refractivity contribution in [2.24, 2.45) is 11.7 Å². The molecule has 1 fully saturated rings. The van der Waals surface area contributed by atoms with Crippen molar-refractivity contribution in [1.29, 1.82) is 0 Å². The lowest BCUT2D eigenvalue weighted by Gasteiger charge is -2.32. The predicted molar refractivity (Wildman–Crippen MR) is 71.1 cm³/mol. The van der Waals surface area contributed by atoms with Gasteiger partial charge in [0.15, 0.2) is 0 Å². The lowest BCUT2D eigenvalue weighted by atomic mass is 10.1. The summed E-state index contributed by atoms with van der Waals surface area (Å²) >= 11 is 7.57. The Morgan fingerprint density at radius 1 is 1.62 bits per heavy atom. The second-order valence-corrected chi connectivity index (χ2v) is 6.21. The SMILES string of the molecule is CC(c1csc(Cl)c1)N(C)C(CN)C1CC1. The van der Waals surface area contributed by atoms with Crippen LogP contribution in [0.4, 0.5) is 0 Å². The summed E-state index contributed by atoms with van der Waals surface area (Å²) in [6, 6.07) is 2.99. The second-order valence-electron chi connectivity index (χ2n) is 4.67. The molecule has 2 atom stereocenters. The zero-order valence-electron chi connectivity index (χ0n) is 9.82. The van der Waals surface area contributed by atoms with E-state index in [1.165, 1.54) is 18.4 Å². The van der Waals surface area contributed by atoms with E-state index in [0.29, 0.717) is 12.1 Å². The summed E-state index contributed by atoms with van der Waals surface area (Å²) < 4.78 is 0.867. The van der Waals surface area contributed by atoms with E-state index in [4.69, 9.17) is 17.3 Å². The molecule has 1 aromatic rings. The molecule has 1 aromatic heterocycles. The van der Waals surface area contributed by atoms with Gasteiger partial charge in [0.05, 0.1) is 4.34 Å². The van der Waals surface area contributed by atoms with Gasteiger partial charge in [-0.2, -0.15) is 0 Å². The van der Waals surface area contributed by atoms with Crippen LogP contribution in [0.3, 0.4) is 0 Å². The van der Waals surface area contributed by atoms with E-state index in [0.717, 1.165) is 16.8 Å². The minimum atomic E-state index is 0.401. The molecule has 0 aliphatic heterocycles. The van der Waals surface area contributed by atoms with Gasteiger partial charge in [-0.15, -0.1) is 11.3 Å². The normalized spacial score (nSPS) is 20.1. The Bertz CT molecular complexity index is 349. The van der Waals surface area contributed by atoms with Gasteiger partial charge in [-0.25, -0.2) is 0 Å². The van der Waals surface area contributed by atoms with E-state index in [1.54, 1.807) is 11.3 Å². The summed E-state index contributed by atoms with van der Waals surface area (Å²) in [7, 11) is 2.17. The van der Waals surface area contributed by atoms with E-state index in [1.807, 2.05) is 0 Å². The number of halogens is 1. The van der Waals surface area contributed by atoms with Crippen molar-refractivity contribution in [3.63, 3.8) is 0 Å². The van der Waals surface area contributed by atoms with Gasteiger partial charge in [0.2, 0.25) is 0 Å². The summed E-state index contributed by atoms with van der Waals surface area (Å²) in [5, 5.41) is 2.14. The highest BCUT2D eigenvalue weighted by molar-refractivity contribution is 7.14. The van der Waals surface area contributed by atoms with Crippen LogP contribution in [0.5, 0.6) is 0 Å². The van der Waals surface area contributed by atoms with Crippen LogP contribution in [0, 0.1) is 5.92 Å². The molecule has 0 aromatic carbocycles. The minimum Gasteiger partial charge on any atom is -0.329 e. The Morgan fingerprint density at radius 3 is 2.75 bits per heavy atom. The van der Waals surface area contributed by atoms with Crippen LogP contribution in [0.1, 0.15) is 31.4 Å². The summed E-state index contributed by atoms with van der Waals surface area (Å²) in [6.07, 6.45) is 2.67. The molecule has 2 unspecified atom stereocenters. The first kappa shape index (κ1) is 12.4. The first-order valence-electron chi connectivity index (χ1n) is 5.79. The maximum absolute atomic E-state index is 5.97. The van der Waals surface area contributed by atoms with Crippen LogP contribution < -0.4 is 5.73 Å². The van der Waals surface area contributed by atoms with Gasteiger partial charge in [-0.3, -0.25) is 4.90 Å². The molecule has 4 heteroatoms. The van der Waals surface area contributed by atoms with Gasteiger partial charge in [-0.1, -0.05) is 11.6 Å². The molecule has 0 amide bonds. The fraction of sp³-hybridized carbons (Fsp3) is 0.667. The molecule has 0 saturated heterocycles. The highest BCUT2D eigenvalue weighted by Crippen LogP contribution is 2.38. The number of hydrogen-bond acceptors (Lipinski definition) is 3. The van der Waals surface area contributed by atoms with Crippen LogP contribution in [0.2, 0.25) is 4.34 Å². The topological polar surface area (TPSA) is 29.3 Å². The lowest BCUT2D eigenvalue weighted by molar-refractivity contribution is 0.170. The van der Waals surface area contributed by atoms with Gasteiger partial charge in [-0.05, 0) is 49.7 Å². The summed E-state index contributed by atoms with van der Waals surface area (Å²) in [5.74, 6) is 0.812. The largest absolute Gasteiger partial charge is 0.329 e. The second kappa shape index (κ2) is 5.05. The predicted octanol–water partition coefficient (Wildman–Crippen LogP) is 3.13. The Balaban J connectivity index is 2.05. The highest BCUT2D eigenvalue weighted by Gasteiger charge is 2.34. The van der Waals surface area contributed by atoms with Crippen LogP contribution in [-0.2, 0) is 0 Å². The van der Waals surface area contributed by atoms with E-state index in [-0.39, 0.29) is 0 Å². The van der Waals surface area contributed by atoms with Crippen molar-refractivity contribution in [3.05, 3.63) is 21.3 Å². The van der Waals surface area contributed by atoms with E-state index in [9.17, 15) is 0 Å². The fourth-order valence-corrected chi connectivity index (χ4v) is 3.21. The molecular formula is C12H19ClN2S. The maximum Gasteiger partial charge on any atom is 0.0931 e. The lowest BCUT2D eigenvalue weighted by Crippen LogP contribution is -2.40. The number of thiophene rings is 1. The average Bonchev–Trinajstić information content (AvgIpc) is 3.00. The van der Waals surface area contributed by atoms with E-state index < -0.39 is 0 Å². The van der Waals surface area contributed by atoms with Gasteiger partial charge in [0.25, 0.3) is 0 Å². The molecule has 0 radical (unpaired) electrons. The smallest absolute Gasteiger partial charge is 0.0931 e. The van der Waals surface area contributed by atoms with E-state index >= 15 is 0 Å². The van der Waals surface area contributed by atoms with Crippen LogP contribution >= 0.6 is 22.9 Å². The Kier molecular flexibility index (Phi) is 3.90. The first-order valence-corrected chi connectivity index (χ1v) is 7.05. The number of nitrogens with two attached hydrogens (primary N) is 1. The minimum absolute atomic E-state index is 0.401. The molecule has 90 valence electrons. The Morgan fingerprint density at radius 2 is 2.31 bits per heavy atom. The number of nitrogens with zero attached hydrogens (tertiary/aromatic N) is 1. The molecule has 1 saturated carbocycles. The van der Waals surface area contributed by atoms with Gasteiger partial charge < -0.3 is 5.73 Å². The van der Waals surface area contributed by atoms with Gasteiger partial charge in [0, 0.05) is 18.6 Å². The van der Waals surface area contributed by atoms with Crippen molar-refractivity contribution in [2.45, 2.75) is 31.8 Å². The highest BCUT2D eigenvalue weighted by atomic mass is 35.5. The van der Waals surface area contributed by atoms with Crippen molar-refractivity contribution < 1.29 is 0 Å². The zero-order chi connectivity index (χ0) is 11.7. The Hall–Kier alpha value is -0.0900. The fourth-order valence-electron chi connectivity index (χ4n) is 2.24. The van der Waals surface area contributed by atoms with E-state index in [2.05, 4.69) is 30.3 Å². The molecule has 2 rings (SSSR count). The number of hydrogen-bond donors (Lipinski definition) is 1. The molecule has 0 spiro atoms. The molecule has 16 heavy (non-hydrogen) atoms. The van der Waals surface area contributed by atoms with Gasteiger partial charge >= 0.3 is 0 Å². The standard InChI is InChI=1S/C12H19ClN2S/c1-8(10-5-12(13)16-7-10)15(2)11(6-14)9-3-4-9/h5,7-9,11H,3-4,6,14H2,1-2H3. The Labute approximate surface area is 106 Å². The number of likely N-dealkylation sites (N-methyl/N-ethyl adjacent to an activating group) is 1. The molecule has 0 bridgehead atoms. The third-order valence-electron chi connectivity index (χ3n) is 3.61. The first-order chi connectivity index (χ1) is 7.63. The van der Waals surface area contributed by atoms with Crippen LogP contribution in [0.25, 0.3) is 0 Å². The molecular weight excluding hydrogens is 240 g/mol. The summed E-state index contributed by atoms with van der Waals surface area (Å²) in [6.45, 7) is 2.98. The molecule has 2 N–H and O–H groups in total.